The zero-order chi connectivity index (χ0) is 18.7. The molecule has 3 heterocycles. The van der Waals surface area contributed by atoms with Crippen LogP contribution < -0.4 is 11.5 Å². The van der Waals surface area contributed by atoms with E-state index in [1.54, 1.807) is 23.0 Å². The summed E-state index contributed by atoms with van der Waals surface area (Å²) in [6.07, 6.45) is 0. The van der Waals surface area contributed by atoms with Crippen LogP contribution in [0.15, 0.2) is 17.6 Å². The number of aromatic hydroxyl groups is 1. The van der Waals surface area contributed by atoms with Crippen molar-refractivity contribution in [2.45, 2.75) is 20.8 Å². The lowest BCUT2D eigenvalue weighted by Gasteiger charge is -2.11. The summed E-state index contributed by atoms with van der Waals surface area (Å²) in [4.78, 5) is 16.4. The number of phenols is 1. The molecule has 0 fully saturated rings. The number of phenolic OH excluding ortho intramolecular Hbond substituents is 1. The second kappa shape index (κ2) is 5.43. The average Bonchev–Trinajstić information content (AvgIpc) is 3.12. The highest BCUT2D eigenvalue weighted by Crippen LogP contribution is 2.43. The Labute approximate surface area is 152 Å². The van der Waals surface area contributed by atoms with Crippen molar-refractivity contribution in [3.05, 3.63) is 40.0 Å². The first-order valence-electron chi connectivity index (χ1n) is 7.95. The number of nitrogens with two attached hydrogens (primary N) is 2. The zero-order valence-corrected chi connectivity index (χ0v) is 15.3. The molecule has 0 radical (unpaired) electrons. The summed E-state index contributed by atoms with van der Waals surface area (Å²) in [6.45, 7) is 5.60. The molecule has 8 heteroatoms. The van der Waals surface area contributed by atoms with E-state index in [-0.39, 0.29) is 17.0 Å². The van der Waals surface area contributed by atoms with Crippen LogP contribution >= 0.6 is 11.3 Å². The average molecular weight is 367 g/mol. The van der Waals surface area contributed by atoms with E-state index in [0.29, 0.717) is 27.9 Å². The molecule has 0 spiro atoms. The maximum atomic E-state index is 12.1. The highest BCUT2D eigenvalue weighted by Gasteiger charge is 2.26. The highest BCUT2D eigenvalue weighted by atomic mass is 32.1. The number of thiazole rings is 1. The first-order valence-corrected chi connectivity index (χ1v) is 8.83. The van der Waals surface area contributed by atoms with Crippen LogP contribution in [0.5, 0.6) is 5.75 Å². The van der Waals surface area contributed by atoms with Crippen molar-refractivity contribution in [1.29, 1.82) is 0 Å². The van der Waals surface area contributed by atoms with Crippen molar-refractivity contribution < 1.29 is 9.90 Å². The maximum absolute atomic E-state index is 12.1. The van der Waals surface area contributed by atoms with Crippen LogP contribution in [0, 0.1) is 20.8 Å². The number of nitrogen functional groups attached to an aromatic ring is 1. The fraction of sp³-hybridized carbons (Fsp3) is 0.167. The molecule has 26 heavy (non-hydrogen) atoms. The molecule has 0 unspecified atom stereocenters. The summed E-state index contributed by atoms with van der Waals surface area (Å²) < 4.78 is 2.50. The molecule has 0 atom stereocenters. The lowest BCUT2D eigenvalue weighted by Crippen LogP contribution is -2.12. The number of amides is 1. The Morgan fingerprint density at radius 3 is 2.69 bits per heavy atom. The summed E-state index contributed by atoms with van der Waals surface area (Å²) in [5.41, 5.74) is 19.0. The van der Waals surface area contributed by atoms with Gasteiger partial charge >= 0.3 is 0 Å². The standard InChI is InChI=1S/C18H17N5O2S/c1-7-4-11-14(18(20)25)15(19)16(23(11)22-9(7)3)13-8(2)12(24)5-10-17(13)26-6-21-10/h4-6,24H,19H2,1-3H3,(H2,20,25). The van der Waals surface area contributed by atoms with Gasteiger partial charge in [0, 0.05) is 17.2 Å². The van der Waals surface area contributed by atoms with Gasteiger partial charge in [0.05, 0.1) is 43.9 Å². The summed E-state index contributed by atoms with van der Waals surface area (Å²) in [5, 5.41) is 15.0. The van der Waals surface area contributed by atoms with Gasteiger partial charge in [0.2, 0.25) is 0 Å². The van der Waals surface area contributed by atoms with Crippen LogP contribution in [0.1, 0.15) is 27.2 Å². The third-order valence-electron chi connectivity index (χ3n) is 4.73. The van der Waals surface area contributed by atoms with E-state index in [1.165, 1.54) is 11.3 Å². The van der Waals surface area contributed by atoms with Gasteiger partial charge in [0.25, 0.3) is 5.91 Å². The lowest BCUT2D eigenvalue weighted by molar-refractivity contribution is 0.100. The molecular formula is C18H17N5O2S. The molecule has 0 saturated heterocycles. The monoisotopic (exact) mass is 367 g/mol. The maximum Gasteiger partial charge on any atom is 0.253 e. The van der Waals surface area contributed by atoms with E-state index in [9.17, 15) is 9.90 Å². The Morgan fingerprint density at radius 2 is 2.00 bits per heavy atom. The third-order valence-corrected chi connectivity index (χ3v) is 5.59. The van der Waals surface area contributed by atoms with E-state index in [1.807, 2.05) is 19.9 Å². The van der Waals surface area contributed by atoms with Crippen molar-refractivity contribution >= 4 is 38.7 Å². The first kappa shape index (κ1) is 16.3. The molecule has 1 aromatic carbocycles. The van der Waals surface area contributed by atoms with Crippen LogP contribution in [0.25, 0.3) is 27.0 Å². The van der Waals surface area contributed by atoms with Gasteiger partial charge in [-0.15, -0.1) is 11.3 Å². The van der Waals surface area contributed by atoms with Gasteiger partial charge in [-0.2, -0.15) is 5.10 Å². The fourth-order valence-electron chi connectivity index (χ4n) is 3.24. The normalized spacial score (nSPS) is 11.5. The Hall–Kier alpha value is -3.13. The Morgan fingerprint density at radius 1 is 1.27 bits per heavy atom. The predicted molar refractivity (Wildman–Crippen MR) is 103 cm³/mol. The molecule has 0 aliphatic rings. The van der Waals surface area contributed by atoms with Crippen LogP contribution in [0.4, 0.5) is 5.69 Å². The number of hydrogen-bond acceptors (Lipinski definition) is 6. The number of primary amides is 1. The van der Waals surface area contributed by atoms with E-state index in [0.717, 1.165) is 16.0 Å². The first-order chi connectivity index (χ1) is 12.3. The van der Waals surface area contributed by atoms with Crippen LogP contribution in [-0.4, -0.2) is 25.6 Å². The SMILES string of the molecule is Cc1cc2c(C(N)=O)c(N)c(-c3c(C)c(O)cc4ncsc34)n2nc1C. The molecule has 4 rings (SSSR count). The third kappa shape index (κ3) is 2.08. The largest absolute Gasteiger partial charge is 0.508 e. The summed E-state index contributed by atoms with van der Waals surface area (Å²) >= 11 is 1.44. The fourth-order valence-corrected chi connectivity index (χ4v) is 4.11. The summed E-state index contributed by atoms with van der Waals surface area (Å²) in [7, 11) is 0. The topological polar surface area (TPSA) is 120 Å². The number of anilines is 1. The van der Waals surface area contributed by atoms with Crippen LogP contribution in [-0.2, 0) is 0 Å². The smallest absolute Gasteiger partial charge is 0.253 e. The molecule has 0 saturated carbocycles. The number of nitrogens with zero attached hydrogens (tertiary/aromatic N) is 3. The number of fused-ring (bicyclic) bond motifs is 2. The van der Waals surface area contributed by atoms with Gasteiger partial charge in [0.1, 0.15) is 5.75 Å². The molecule has 0 bridgehead atoms. The number of aryl methyl sites for hydroxylation is 2. The van der Waals surface area contributed by atoms with E-state index in [4.69, 9.17) is 11.5 Å². The molecule has 132 valence electrons. The Balaban J connectivity index is 2.26. The van der Waals surface area contributed by atoms with Gasteiger partial charge in [-0.25, -0.2) is 9.50 Å². The summed E-state index contributed by atoms with van der Waals surface area (Å²) in [5.74, 6) is -0.508. The summed E-state index contributed by atoms with van der Waals surface area (Å²) in [6, 6.07) is 3.47. The highest BCUT2D eigenvalue weighted by molar-refractivity contribution is 7.17. The van der Waals surface area contributed by atoms with Gasteiger partial charge in [-0.05, 0) is 32.4 Å². The molecule has 5 N–H and O–H groups in total. The Kier molecular flexibility index (Phi) is 3.42. The van der Waals surface area contributed by atoms with Gasteiger partial charge in [-0.1, -0.05) is 0 Å². The van der Waals surface area contributed by atoms with Crippen molar-refractivity contribution in [2.75, 3.05) is 5.73 Å². The molecular weight excluding hydrogens is 350 g/mol. The van der Waals surface area contributed by atoms with E-state index < -0.39 is 5.91 Å². The van der Waals surface area contributed by atoms with Gasteiger partial charge in [0.15, 0.2) is 0 Å². The molecule has 4 aromatic rings. The Bertz CT molecular complexity index is 1220. The minimum atomic E-state index is -0.616. The van der Waals surface area contributed by atoms with Gasteiger partial charge < -0.3 is 16.6 Å². The molecule has 7 nitrogen and oxygen atoms in total. The minimum absolute atomic E-state index is 0.109. The molecule has 1 amide bonds. The minimum Gasteiger partial charge on any atom is -0.508 e. The number of benzene rings is 1. The second-order valence-electron chi connectivity index (χ2n) is 6.31. The lowest BCUT2D eigenvalue weighted by atomic mass is 10.0. The number of rotatable bonds is 2. The van der Waals surface area contributed by atoms with Crippen LogP contribution in [0.2, 0.25) is 0 Å². The van der Waals surface area contributed by atoms with Crippen molar-refractivity contribution in [3.63, 3.8) is 0 Å². The van der Waals surface area contributed by atoms with Crippen molar-refractivity contribution in [1.82, 2.24) is 14.6 Å². The number of carbonyl (C=O) groups excluding carboxylic acids is 1. The van der Waals surface area contributed by atoms with Gasteiger partial charge in [-0.3, -0.25) is 4.79 Å². The van der Waals surface area contributed by atoms with Crippen molar-refractivity contribution in [2.24, 2.45) is 5.73 Å². The predicted octanol–water partition coefficient (Wildman–Crippen LogP) is 2.92. The number of hydrogen-bond donors (Lipinski definition) is 3. The quantitative estimate of drug-likeness (QED) is 0.503. The van der Waals surface area contributed by atoms with E-state index >= 15 is 0 Å². The number of carbonyl (C=O) groups is 1. The molecule has 0 aliphatic heterocycles. The molecule has 3 aromatic heterocycles. The molecule has 0 aliphatic carbocycles. The van der Waals surface area contributed by atoms with Crippen molar-refractivity contribution in [3.8, 4) is 17.0 Å². The number of aromatic nitrogens is 3. The second-order valence-corrected chi connectivity index (χ2v) is 7.16. The zero-order valence-electron chi connectivity index (χ0n) is 14.5. The van der Waals surface area contributed by atoms with Crippen LogP contribution in [0.3, 0.4) is 0 Å². The van der Waals surface area contributed by atoms with E-state index in [2.05, 4.69) is 10.1 Å².